The molecule has 3 heteroatoms. The second kappa shape index (κ2) is 6.92. The summed E-state index contributed by atoms with van der Waals surface area (Å²) >= 11 is 0. The number of aryl methyl sites for hydroxylation is 1. The first kappa shape index (κ1) is 14.4. The fourth-order valence-corrected chi connectivity index (χ4v) is 2.88. The van der Waals surface area contributed by atoms with E-state index in [0.29, 0.717) is 12.1 Å². The highest BCUT2D eigenvalue weighted by atomic mass is 16.3. The summed E-state index contributed by atoms with van der Waals surface area (Å²) in [4.78, 5) is 2.49. The lowest BCUT2D eigenvalue weighted by atomic mass is 10.1. The summed E-state index contributed by atoms with van der Waals surface area (Å²) in [6.07, 6.45) is 3.04. The Hall–Kier alpha value is -1.06. The molecular weight excluding hydrogens is 236 g/mol. The first-order valence-electron chi connectivity index (χ1n) is 7.45. The summed E-state index contributed by atoms with van der Waals surface area (Å²) < 4.78 is 0. The highest BCUT2D eigenvalue weighted by Gasteiger charge is 2.24. The third-order valence-corrected chi connectivity index (χ3v) is 4.09. The maximum Gasteiger partial charge on any atom is 0.0451 e. The minimum Gasteiger partial charge on any atom is -0.396 e. The molecule has 1 heterocycles. The van der Waals surface area contributed by atoms with E-state index in [9.17, 15) is 5.11 Å². The topological polar surface area (TPSA) is 35.5 Å². The molecule has 0 aliphatic carbocycles. The molecule has 0 amide bonds. The lowest BCUT2D eigenvalue weighted by Crippen LogP contribution is -2.41. The number of aliphatic hydroxyl groups is 1. The van der Waals surface area contributed by atoms with Crippen LogP contribution in [0.5, 0.6) is 0 Å². The van der Waals surface area contributed by atoms with Gasteiger partial charge in [-0.3, -0.25) is 0 Å². The number of para-hydroxylation sites is 1. The molecule has 1 fully saturated rings. The van der Waals surface area contributed by atoms with Crippen molar-refractivity contribution in [1.29, 1.82) is 0 Å². The van der Waals surface area contributed by atoms with Gasteiger partial charge in [0.15, 0.2) is 0 Å². The van der Waals surface area contributed by atoms with Gasteiger partial charge in [-0.2, -0.15) is 0 Å². The molecule has 1 saturated heterocycles. The Morgan fingerprint density at radius 2 is 2.16 bits per heavy atom. The normalized spacial score (nSPS) is 24.3. The van der Waals surface area contributed by atoms with E-state index in [2.05, 4.69) is 48.3 Å². The van der Waals surface area contributed by atoms with Crippen molar-refractivity contribution < 1.29 is 5.11 Å². The summed E-state index contributed by atoms with van der Waals surface area (Å²) in [5, 5.41) is 12.9. The van der Waals surface area contributed by atoms with Crippen LogP contribution in [0, 0.1) is 0 Å². The van der Waals surface area contributed by atoms with Crippen molar-refractivity contribution in [2.24, 2.45) is 0 Å². The van der Waals surface area contributed by atoms with Gasteiger partial charge in [0.1, 0.15) is 0 Å². The Morgan fingerprint density at radius 3 is 2.89 bits per heavy atom. The van der Waals surface area contributed by atoms with Crippen LogP contribution in [0.15, 0.2) is 24.3 Å². The number of hydrogen-bond donors (Lipinski definition) is 2. The Kier molecular flexibility index (Phi) is 5.23. The van der Waals surface area contributed by atoms with E-state index < -0.39 is 0 Å². The van der Waals surface area contributed by atoms with Gasteiger partial charge in [-0.15, -0.1) is 0 Å². The molecule has 106 valence electrons. The van der Waals surface area contributed by atoms with Crippen LogP contribution in [0.3, 0.4) is 0 Å². The van der Waals surface area contributed by atoms with E-state index in [-0.39, 0.29) is 6.61 Å². The number of nitrogens with zero attached hydrogens (tertiary/aromatic N) is 1. The third kappa shape index (κ3) is 3.48. The molecule has 0 saturated carbocycles. The van der Waals surface area contributed by atoms with Gasteiger partial charge < -0.3 is 15.3 Å². The van der Waals surface area contributed by atoms with Crippen molar-refractivity contribution in [3.8, 4) is 0 Å². The van der Waals surface area contributed by atoms with Gasteiger partial charge in [-0.05, 0) is 37.8 Å². The van der Waals surface area contributed by atoms with Crippen LogP contribution in [0.25, 0.3) is 0 Å². The van der Waals surface area contributed by atoms with Gasteiger partial charge in [0, 0.05) is 37.5 Å². The molecular formula is C16H26N2O. The molecule has 3 nitrogen and oxygen atoms in total. The van der Waals surface area contributed by atoms with Gasteiger partial charge in [-0.1, -0.05) is 25.1 Å². The highest BCUT2D eigenvalue weighted by molar-refractivity contribution is 5.54. The van der Waals surface area contributed by atoms with Crippen LogP contribution in [0.1, 0.15) is 32.3 Å². The minimum absolute atomic E-state index is 0.255. The second-order valence-electron chi connectivity index (χ2n) is 5.44. The van der Waals surface area contributed by atoms with Crippen molar-refractivity contribution in [3.05, 3.63) is 29.8 Å². The van der Waals surface area contributed by atoms with Crippen molar-refractivity contribution in [2.45, 2.75) is 45.2 Å². The maximum atomic E-state index is 9.31. The van der Waals surface area contributed by atoms with Crippen LogP contribution >= 0.6 is 0 Å². The Morgan fingerprint density at radius 1 is 1.37 bits per heavy atom. The molecule has 2 unspecified atom stereocenters. The molecule has 2 rings (SSSR count). The van der Waals surface area contributed by atoms with Gasteiger partial charge in [-0.25, -0.2) is 0 Å². The molecule has 0 spiro atoms. The summed E-state index contributed by atoms with van der Waals surface area (Å²) in [5.74, 6) is 0. The minimum atomic E-state index is 0.255. The zero-order valence-electron chi connectivity index (χ0n) is 12.1. The number of aliphatic hydroxyl groups excluding tert-OH is 1. The SMILES string of the molecule is CCc1ccccc1N1CCC(C)NCC1CCO. The molecule has 19 heavy (non-hydrogen) atoms. The summed E-state index contributed by atoms with van der Waals surface area (Å²) in [6, 6.07) is 9.61. The fourth-order valence-electron chi connectivity index (χ4n) is 2.88. The van der Waals surface area contributed by atoms with E-state index in [1.807, 2.05) is 0 Å². The Balaban J connectivity index is 2.26. The molecule has 1 aromatic rings. The van der Waals surface area contributed by atoms with Crippen LogP contribution in [0.2, 0.25) is 0 Å². The van der Waals surface area contributed by atoms with Crippen LogP contribution in [-0.2, 0) is 6.42 Å². The molecule has 1 aliphatic rings. The average Bonchev–Trinajstić information content (AvgIpc) is 2.62. The predicted octanol–water partition coefficient (Wildman–Crippen LogP) is 2.19. The number of nitrogens with one attached hydrogen (secondary N) is 1. The molecule has 1 aliphatic heterocycles. The van der Waals surface area contributed by atoms with Crippen molar-refractivity contribution in [2.75, 3.05) is 24.6 Å². The van der Waals surface area contributed by atoms with Gasteiger partial charge in [0.05, 0.1) is 0 Å². The van der Waals surface area contributed by atoms with E-state index in [1.165, 1.54) is 11.3 Å². The fraction of sp³-hybridized carbons (Fsp3) is 0.625. The smallest absolute Gasteiger partial charge is 0.0451 e. The third-order valence-electron chi connectivity index (χ3n) is 4.09. The van der Waals surface area contributed by atoms with Gasteiger partial charge in [0.25, 0.3) is 0 Å². The standard InChI is InChI=1S/C16H26N2O/c1-3-14-6-4-5-7-16(14)18-10-8-13(2)17-12-15(18)9-11-19/h4-7,13,15,17,19H,3,8-12H2,1-2H3. The van der Waals surface area contributed by atoms with E-state index in [4.69, 9.17) is 0 Å². The summed E-state index contributed by atoms with van der Waals surface area (Å²) in [7, 11) is 0. The van der Waals surface area contributed by atoms with E-state index >= 15 is 0 Å². The number of hydrogen-bond acceptors (Lipinski definition) is 3. The largest absolute Gasteiger partial charge is 0.396 e. The summed E-state index contributed by atoms with van der Waals surface area (Å²) in [6.45, 7) is 6.73. The second-order valence-corrected chi connectivity index (χ2v) is 5.44. The Bertz CT molecular complexity index is 394. The lowest BCUT2D eigenvalue weighted by Gasteiger charge is -2.33. The van der Waals surface area contributed by atoms with Gasteiger partial charge in [0.2, 0.25) is 0 Å². The molecule has 0 aromatic heterocycles. The van der Waals surface area contributed by atoms with E-state index in [0.717, 1.165) is 32.4 Å². The van der Waals surface area contributed by atoms with Crippen molar-refractivity contribution in [3.63, 3.8) is 0 Å². The van der Waals surface area contributed by atoms with Crippen LogP contribution in [0.4, 0.5) is 5.69 Å². The number of rotatable bonds is 4. The lowest BCUT2D eigenvalue weighted by molar-refractivity contribution is 0.272. The van der Waals surface area contributed by atoms with Crippen LogP contribution in [-0.4, -0.2) is 36.9 Å². The molecule has 1 aromatic carbocycles. The quantitative estimate of drug-likeness (QED) is 0.873. The van der Waals surface area contributed by atoms with Gasteiger partial charge >= 0.3 is 0 Å². The number of anilines is 1. The monoisotopic (exact) mass is 262 g/mol. The Labute approximate surface area is 116 Å². The number of benzene rings is 1. The summed E-state index contributed by atoms with van der Waals surface area (Å²) in [5.41, 5.74) is 2.75. The molecule has 2 N–H and O–H groups in total. The van der Waals surface area contributed by atoms with E-state index in [1.54, 1.807) is 0 Å². The average molecular weight is 262 g/mol. The highest BCUT2D eigenvalue weighted by Crippen LogP contribution is 2.25. The predicted molar refractivity (Wildman–Crippen MR) is 80.7 cm³/mol. The zero-order chi connectivity index (χ0) is 13.7. The van der Waals surface area contributed by atoms with Crippen LogP contribution < -0.4 is 10.2 Å². The first-order chi connectivity index (χ1) is 9.26. The molecule has 2 atom stereocenters. The van der Waals surface area contributed by atoms with Crippen molar-refractivity contribution >= 4 is 5.69 Å². The first-order valence-corrected chi connectivity index (χ1v) is 7.45. The zero-order valence-corrected chi connectivity index (χ0v) is 12.1. The maximum absolute atomic E-state index is 9.31. The molecule has 0 radical (unpaired) electrons. The molecule has 0 bridgehead atoms. The van der Waals surface area contributed by atoms with Crippen molar-refractivity contribution in [1.82, 2.24) is 5.32 Å².